The van der Waals surface area contributed by atoms with E-state index < -0.39 is 22.3 Å². The molecule has 0 aliphatic heterocycles. The minimum atomic E-state index is -0.993. The van der Waals surface area contributed by atoms with Gasteiger partial charge in [0, 0.05) is 18.2 Å². The number of hydrogen-bond acceptors (Lipinski definition) is 3. The molecule has 0 heterocycles. The highest BCUT2D eigenvalue weighted by atomic mass is 19.1. The van der Waals surface area contributed by atoms with Crippen molar-refractivity contribution >= 4 is 11.6 Å². The van der Waals surface area contributed by atoms with Crippen LogP contribution in [-0.2, 0) is 0 Å². The maximum atomic E-state index is 13.4. The topological polar surface area (TPSA) is 72.2 Å². The third kappa shape index (κ3) is 2.89. The molecule has 102 valence electrons. The monoisotopic (exact) mass is 266 g/mol. The second-order valence-electron chi connectivity index (χ2n) is 5.27. The lowest BCUT2D eigenvalue weighted by Gasteiger charge is -2.38. The quantitative estimate of drug-likeness (QED) is 0.672. The molecule has 0 saturated heterocycles. The minimum absolute atomic E-state index is 0.103. The zero-order valence-electron chi connectivity index (χ0n) is 10.6. The van der Waals surface area contributed by atoms with Crippen LogP contribution < -0.4 is 5.32 Å². The first kappa shape index (κ1) is 13.5. The number of nitro groups is 1. The number of nitrogens with one attached hydrogen (secondary N) is 1. The second-order valence-corrected chi connectivity index (χ2v) is 5.27. The van der Waals surface area contributed by atoms with Gasteiger partial charge in [-0.05, 0) is 30.4 Å². The number of amides is 1. The molecular formula is C13H15FN2O3. The maximum absolute atomic E-state index is 13.4. The lowest BCUT2D eigenvalue weighted by atomic mass is 9.70. The minimum Gasteiger partial charge on any atom is -0.351 e. The Kier molecular flexibility index (Phi) is 3.50. The summed E-state index contributed by atoms with van der Waals surface area (Å²) in [4.78, 5) is 21.5. The molecule has 1 saturated carbocycles. The van der Waals surface area contributed by atoms with E-state index in [0.29, 0.717) is 6.54 Å². The van der Waals surface area contributed by atoms with Gasteiger partial charge < -0.3 is 5.32 Å². The normalized spacial score (nSPS) is 16.5. The number of hydrogen-bond donors (Lipinski definition) is 1. The van der Waals surface area contributed by atoms with Gasteiger partial charge in [-0.1, -0.05) is 13.3 Å². The molecule has 5 nitrogen and oxygen atoms in total. The molecule has 1 amide bonds. The van der Waals surface area contributed by atoms with Gasteiger partial charge in [-0.25, -0.2) is 0 Å². The summed E-state index contributed by atoms with van der Waals surface area (Å²) < 4.78 is 13.4. The van der Waals surface area contributed by atoms with Crippen LogP contribution in [0.3, 0.4) is 0 Å². The second kappa shape index (κ2) is 4.95. The smallest absolute Gasteiger partial charge is 0.304 e. The van der Waals surface area contributed by atoms with Crippen molar-refractivity contribution in [2.75, 3.05) is 6.54 Å². The van der Waals surface area contributed by atoms with Crippen LogP contribution in [0.5, 0.6) is 0 Å². The summed E-state index contributed by atoms with van der Waals surface area (Å²) in [6.07, 6.45) is 3.31. The van der Waals surface area contributed by atoms with Gasteiger partial charge in [0.25, 0.3) is 5.91 Å². The fraction of sp³-hybridized carbons (Fsp3) is 0.462. The summed E-state index contributed by atoms with van der Waals surface area (Å²) in [5.41, 5.74) is -0.386. The van der Waals surface area contributed by atoms with Crippen molar-refractivity contribution in [3.8, 4) is 0 Å². The lowest BCUT2D eigenvalue weighted by Crippen LogP contribution is -2.39. The Morgan fingerprint density at radius 1 is 1.53 bits per heavy atom. The number of rotatable bonds is 4. The van der Waals surface area contributed by atoms with Crippen LogP contribution in [0, 0.1) is 21.3 Å². The molecule has 1 aromatic rings. The van der Waals surface area contributed by atoms with Crippen LogP contribution in [0.15, 0.2) is 18.2 Å². The summed E-state index contributed by atoms with van der Waals surface area (Å²) in [7, 11) is 0. The summed E-state index contributed by atoms with van der Waals surface area (Å²) in [6.45, 7) is 2.64. The molecule has 2 rings (SSSR count). The van der Waals surface area contributed by atoms with Crippen molar-refractivity contribution in [3.05, 3.63) is 39.7 Å². The number of benzene rings is 1. The highest BCUT2D eigenvalue weighted by Gasteiger charge is 2.32. The Hall–Kier alpha value is -1.98. The summed E-state index contributed by atoms with van der Waals surface area (Å²) >= 11 is 0. The first-order valence-electron chi connectivity index (χ1n) is 6.13. The van der Waals surface area contributed by atoms with Crippen LogP contribution in [-0.4, -0.2) is 17.4 Å². The van der Waals surface area contributed by atoms with Crippen molar-refractivity contribution in [1.82, 2.24) is 5.32 Å². The van der Waals surface area contributed by atoms with Crippen LogP contribution in [0.1, 0.15) is 36.5 Å². The molecule has 0 unspecified atom stereocenters. The molecule has 1 fully saturated rings. The van der Waals surface area contributed by atoms with Gasteiger partial charge in [-0.15, -0.1) is 0 Å². The van der Waals surface area contributed by atoms with E-state index in [-0.39, 0.29) is 11.0 Å². The molecule has 0 bridgehead atoms. The fourth-order valence-corrected chi connectivity index (χ4v) is 2.15. The van der Waals surface area contributed by atoms with Crippen molar-refractivity contribution in [1.29, 1.82) is 0 Å². The Morgan fingerprint density at radius 3 is 2.68 bits per heavy atom. The zero-order chi connectivity index (χ0) is 14.0. The van der Waals surface area contributed by atoms with E-state index in [4.69, 9.17) is 0 Å². The van der Waals surface area contributed by atoms with E-state index in [9.17, 15) is 19.3 Å². The van der Waals surface area contributed by atoms with Gasteiger partial charge >= 0.3 is 5.69 Å². The third-order valence-corrected chi connectivity index (χ3v) is 3.64. The van der Waals surface area contributed by atoms with Crippen LogP contribution >= 0.6 is 0 Å². The molecule has 19 heavy (non-hydrogen) atoms. The van der Waals surface area contributed by atoms with E-state index in [2.05, 4.69) is 12.2 Å². The molecule has 0 spiro atoms. The van der Waals surface area contributed by atoms with Gasteiger partial charge in [0.2, 0.25) is 5.82 Å². The molecule has 1 N–H and O–H groups in total. The van der Waals surface area contributed by atoms with Crippen molar-refractivity contribution in [2.24, 2.45) is 5.41 Å². The molecule has 1 aliphatic rings. The molecule has 0 atom stereocenters. The number of nitro benzene ring substituents is 1. The maximum Gasteiger partial charge on any atom is 0.304 e. The van der Waals surface area contributed by atoms with Gasteiger partial charge in [0.1, 0.15) is 0 Å². The number of halogens is 1. The average molecular weight is 266 g/mol. The summed E-state index contributed by atoms with van der Waals surface area (Å²) in [5, 5.41) is 13.2. The zero-order valence-corrected chi connectivity index (χ0v) is 10.6. The van der Waals surface area contributed by atoms with E-state index in [1.54, 1.807) is 0 Å². The summed E-state index contributed by atoms with van der Waals surface area (Å²) in [5.74, 6) is -1.39. The molecule has 1 aliphatic carbocycles. The standard InChI is InChI=1S/C13H15FN2O3/c1-13(5-2-6-13)8-15-12(17)9-3-4-11(16(18)19)10(14)7-9/h3-4,7H,2,5-6,8H2,1H3,(H,15,17). The Bertz CT molecular complexity index is 527. The number of carbonyl (C=O) groups excluding carboxylic acids is 1. The lowest BCUT2D eigenvalue weighted by molar-refractivity contribution is -0.387. The highest BCUT2D eigenvalue weighted by molar-refractivity contribution is 5.94. The van der Waals surface area contributed by atoms with Gasteiger partial charge in [-0.2, -0.15) is 4.39 Å². The largest absolute Gasteiger partial charge is 0.351 e. The van der Waals surface area contributed by atoms with Crippen LogP contribution in [0.25, 0.3) is 0 Å². The summed E-state index contributed by atoms with van der Waals surface area (Å²) in [6, 6.07) is 3.17. The molecule has 0 aromatic heterocycles. The molecule has 0 radical (unpaired) electrons. The van der Waals surface area contributed by atoms with Gasteiger partial charge in [-0.3, -0.25) is 14.9 Å². The predicted octanol–water partition coefficient (Wildman–Crippen LogP) is 2.65. The van der Waals surface area contributed by atoms with Gasteiger partial charge in [0.15, 0.2) is 0 Å². The fourth-order valence-electron chi connectivity index (χ4n) is 2.15. The van der Waals surface area contributed by atoms with Crippen molar-refractivity contribution in [3.63, 3.8) is 0 Å². The predicted molar refractivity (Wildman–Crippen MR) is 67.3 cm³/mol. The Labute approximate surface area is 110 Å². The molecule has 6 heteroatoms. The first-order valence-corrected chi connectivity index (χ1v) is 6.13. The Morgan fingerprint density at radius 2 is 2.21 bits per heavy atom. The average Bonchev–Trinajstić information content (AvgIpc) is 2.33. The first-order chi connectivity index (χ1) is 8.91. The van der Waals surface area contributed by atoms with E-state index in [1.165, 1.54) is 12.5 Å². The van der Waals surface area contributed by atoms with E-state index in [1.807, 2.05) is 0 Å². The Balaban J connectivity index is 2.03. The van der Waals surface area contributed by atoms with Gasteiger partial charge in [0.05, 0.1) is 4.92 Å². The highest BCUT2D eigenvalue weighted by Crippen LogP contribution is 2.39. The van der Waals surface area contributed by atoms with Crippen molar-refractivity contribution < 1.29 is 14.1 Å². The van der Waals surface area contributed by atoms with Crippen molar-refractivity contribution in [2.45, 2.75) is 26.2 Å². The van der Waals surface area contributed by atoms with Crippen LogP contribution in [0.4, 0.5) is 10.1 Å². The number of nitrogens with zero attached hydrogens (tertiary/aromatic N) is 1. The molecule has 1 aromatic carbocycles. The molecular weight excluding hydrogens is 251 g/mol. The third-order valence-electron chi connectivity index (χ3n) is 3.64. The van der Waals surface area contributed by atoms with E-state index >= 15 is 0 Å². The van der Waals surface area contributed by atoms with Crippen LogP contribution in [0.2, 0.25) is 0 Å². The van der Waals surface area contributed by atoms with E-state index in [0.717, 1.165) is 25.0 Å². The SMILES string of the molecule is CC1(CNC(=O)c2ccc([N+](=O)[O-])c(F)c2)CCC1. The number of carbonyl (C=O) groups is 1.